The number of hydrogen-bond acceptors (Lipinski definition) is 6. The minimum Gasteiger partial charge on any atom is -0.349 e. The van der Waals surface area contributed by atoms with Crippen LogP contribution in [0, 0.1) is 10.1 Å². The fourth-order valence-corrected chi connectivity index (χ4v) is 2.49. The van der Waals surface area contributed by atoms with Crippen LogP contribution in [-0.4, -0.2) is 20.1 Å². The summed E-state index contributed by atoms with van der Waals surface area (Å²) in [5.41, 5.74) is 0.871. The van der Waals surface area contributed by atoms with Gasteiger partial charge in [0, 0.05) is 18.7 Å². The second kappa shape index (κ2) is 5.71. The van der Waals surface area contributed by atoms with Crippen molar-refractivity contribution in [3.63, 3.8) is 0 Å². The first kappa shape index (κ1) is 13.3. The molecule has 106 valence electrons. The molecule has 0 saturated carbocycles. The molecule has 0 fully saturated rings. The Hall–Kier alpha value is -2.74. The van der Waals surface area contributed by atoms with Gasteiger partial charge in [0.15, 0.2) is 5.82 Å². The van der Waals surface area contributed by atoms with Crippen molar-refractivity contribution in [2.24, 2.45) is 0 Å². The fraction of sp³-hybridized carbons (Fsp3) is 0.0769. The Balaban J connectivity index is 1.68. The molecule has 3 rings (SSSR count). The van der Waals surface area contributed by atoms with E-state index in [4.69, 9.17) is 0 Å². The van der Waals surface area contributed by atoms with Crippen molar-refractivity contribution in [1.82, 2.24) is 15.2 Å². The first-order valence-corrected chi connectivity index (χ1v) is 7.04. The molecule has 0 spiro atoms. The number of thiophene rings is 1. The van der Waals surface area contributed by atoms with Crippen LogP contribution in [0.1, 0.15) is 5.56 Å². The Kier molecular flexibility index (Phi) is 3.61. The van der Waals surface area contributed by atoms with Crippen molar-refractivity contribution < 1.29 is 4.92 Å². The van der Waals surface area contributed by atoms with Crippen LogP contribution < -0.4 is 5.32 Å². The summed E-state index contributed by atoms with van der Waals surface area (Å²) < 4.78 is 0. The van der Waals surface area contributed by atoms with E-state index < -0.39 is 4.92 Å². The van der Waals surface area contributed by atoms with E-state index in [1.54, 1.807) is 17.4 Å². The number of aromatic nitrogens is 3. The van der Waals surface area contributed by atoms with Gasteiger partial charge in [-0.3, -0.25) is 15.2 Å². The Labute approximate surface area is 123 Å². The zero-order valence-corrected chi connectivity index (χ0v) is 11.6. The van der Waals surface area contributed by atoms with Gasteiger partial charge in [0.25, 0.3) is 5.69 Å². The maximum atomic E-state index is 10.7. The van der Waals surface area contributed by atoms with Gasteiger partial charge in [-0.05, 0) is 17.0 Å². The zero-order chi connectivity index (χ0) is 14.7. The summed E-state index contributed by atoms with van der Waals surface area (Å²) in [5.74, 6) is 1.16. The quantitative estimate of drug-likeness (QED) is 0.557. The summed E-state index contributed by atoms with van der Waals surface area (Å²) in [5, 5.41) is 22.6. The number of anilines is 1. The van der Waals surface area contributed by atoms with Crippen LogP contribution >= 0.6 is 11.3 Å². The van der Waals surface area contributed by atoms with Crippen molar-refractivity contribution in [3.8, 4) is 10.7 Å². The maximum absolute atomic E-state index is 10.7. The number of hydrogen-bond donors (Lipinski definition) is 2. The highest BCUT2D eigenvalue weighted by molar-refractivity contribution is 7.13. The number of nitro groups is 1. The summed E-state index contributed by atoms with van der Waals surface area (Å²) in [6, 6.07) is 10.4. The largest absolute Gasteiger partial charge is 0.349 e. The second-order valence-electron chi connectivity index (χ2n) is 4.27. The van der Waals surface area contributed by atoms with Gasteiger partial charge in [0.05, 0.1) is 9.80 Å². The normalized spacial score (nSPS) is 10.5. The van der Waals surface area contributed by atoms with Gasteiger partial charge in [-0.25, -0.2) is 0 Å². The van der Waals surface area contributed by atoms with Crippen LogP contribution in [0.2, 0.25) is 0 Å². The predicted molar refractivity (Wildman–Crippen MR) is 80.1 cm³/mol. The molecule has 3 aromatic rings. The lowest BCUT2D eigenvalue weighted by Crippen LogP contribution is -2.01. The van der Waals surface area contributed by atoms with Crippen molar-refractivity contribution in [2.45, 2.75) is 6.54 Å². The van der Waals surface area contributed by atoms with E-state index in [9.17, 15) is 10.1 Å². The van der Waals surface area contributed by atoms with Gasteiger partial charge in [0.1, 0.15) is 0 Å². The minimum atomic E-state index is -0.412. The molecule has 0 aliphatic carbocycles. The maximum Gasteiger partial charge on any atom is 0.269 e. The third kappa shape index (κ3) is 3.06. The highest BCUT2D eigenvalue weighted by atomic mass is 32.1. The SMILES string of the molecule is O=[N+]([O-])c1cccc(CNc2n[nH]c(-c3cccs3)n2)c1. The molecule has 21 heavy (non-hydrogen) atoms. The van der Waals surface area contributed by atoms with Crippen LogP contribution in [0.4, 0.5) is 11.6 Å². The molecule has 0 atom stereocenters. The summed E-state index contributed by atoms with van der Waals surface area (Å²) in [7, 11) is 0. The predicted octanol–water partition coefficient (Wildman–Crippen LogP) is 3.05. The third-order valence-electron chi connectivity index (χ3n) is 2.81. The highest BCUT2D eigenvalue weighted by Crippen LogP contribution is 2.21. The molecule has 1 aromatic carbocycles. The van der Waals surface area contributed by atoms with E-state index in [1.807, 2.05) is 23.6 Å². The van der Waals surface area contributed by atoms with Crippen LogP contribution in [0.25, 0.3) is 10.7 Å². The van der Waals surface area contributed by atoms with E-state index in [0.29, 0.717) is 18.3 Å². The number of nitrogens with one attached hydrogen (secondary N) is 2. The molecule has 7 nitrogen and oxygen atoms in total. The molecule has 0 unspecified atom stereocenters. The summed E-state index contributed by atoms with van der Waals surface area (Å²) in [6.45, 7) is 0.420. The Morgan fingerprint density at radius 3 is 3.00 bits per heavy atom. The molecular formula is C13H11N5O2S. The van der Waals surface area contributed by atoms with E-state index in [0.717, 1.165) is 10.4 Å². The van der Waals surface area contributed by atoms with E-state index in [1.165, 1.54) is 12.1 Å². The number of nitrogens with zero attached hydrogens (tertiary/aromatic N) is 3. The van der Waals surface area contributed by atoms with Gasteiger partial charge < -0.3 is 5.32 Å². The van der Waals surface area contributed by atoms with Crippen molar-refractivity contribution >= 4 is 23.0 Å². The molecule has 2 heterocycles. The number of rotatable bonds is 5. The molecule has 0 aliphatic rings. The molecule has 0 radical (unpaired) electrons. The van der Waals surface area contributed by atoms with E-state index >= 15 is 0 Å². The number of nitro benzene ring substituents is 1. The Morgan fingerprint density at radius 2 is 2.24 bits per heavy atom. The Bertz CT molecular complexity index is 754. The van der Waals surface area contributed by atoms with Crippen molar-refractivity contribution in [2.75, 3.05) is 5.32 Å². The highest BCUT2D eigenvalue weighted by Gasteiger charge is 2.08. The third-order valence-corrected chi connectivity index (χ3v) is 3.69. The van der Waals surface area contributed by atoms with Gasteiger partial charge in [-0.15, -0.1) is 16.4 Å². The van der Waals surface area contributed by atoms with Gasteiger partial charge >= 0.3 is 0 Å². The zero-order valence-electron chi connectivity index (χ0n) is 10.8. The number of non-ortho nitro benzene ring substituents is 1. The summed E-state index contributed by atoms with van der Waals surface area (Å²) in [6.07, 6.45) is 0. The van der Waals surface area contributed by atoms with Gasteiger partial charge in [-0.1, -0.05) is 18.2 Å². The van der Waals surface area contributed by atoms with Crippen molar-refractivity contribution in [1.29, 1.82) is 0 Å². The molecule has 0 amide bonds. The first-order chi connectivity index (χ1) is 10.2. The summed E-state index contributed by atoms with van der Waals surface area (Å²) in [4.78, 5) is 15.6. The Morgan fingerprint density at radius 1 is 1.33 bits per heavy atom. The topological polar surface area (TPSA) is 96.7 Å². The number of aromatic amines is 1. The summed E-state index contributed by atoms with van der Waals surface area (Å²) >= 11 is 1.57. The lowest BCUT2D eigenvalue weighted by atomic mass is 10.2. The number of H-pyrrole nitrogens is 1. The smallest absolute Gasteiger partial charge is 0.269 e. The minimum absolute atomic E-state index is 0.0727. The average Bonchev–Trinajstić information content (AvgIpc) is 3.16. The molecule has 2 aromatic heterocycles. The number of benzene rings is 1. The van der Waals surface area contributed by atoms with Crippen LogP contribution in [0.15, 0.2) is 41.8 Å². The van der Waals surface area contributed by atoms with Gasteiger partial charge in [-0.2, -0.15) is 4.98 Å². The van der Waals surface area contributed by atoms with Crippen LogP contribution in [-0.2, 0) is 6.54 Å². The van der Waals surface area contributed by atoms with E-state index in [2.05, 4.69) is 20.5 Å². The van der Waals surface area contributed by atoms with E-state index in [-0.39, 0.29) is 5.69 Å². The molecule has 8 heteroatoms. The first-order valence-electron chi connectivity index (χ1n) is 6.16. The lowest BCUT2D eigenvalue weighted by molar-refractivity contribution is -0.384. The van der Waals surface area contributed by atoms with Crippen LogP contribution in [0.3, 0.4) is 0 Å². The second-order valence-corrected chi connectivity index (χ2v) is 5.21. The van der Waals surface area contributed by atoms with Gasteiger partial charge in [0.2, 0.25) is 5.95 Å². The molecule has 0 saturated heterocycles. The van der Waals surface area contributed by atoms with Crippen molar-refractivity contribution in [3.05, 3.63) is 57.5 Å². The fourth-order valence-electron chi connectivity index (χ4n) is 1.83. The average molecular weight is 301 g/mol. The molecule has 0 aliphatic heterocycles. The lowest BCUT2D eigenvalue weighted by Gasteiger charge is -2.01. The monoisotopic (exact) mass is 301 g/mol. The molecular weight excluding hydrogens is 290 g/mol. The van der Waals surface area contributed by atoms with Crippen LogP contribution in [0.5, 0.6) is 0 Å². The molecule has 0 bridgehead atoms. The molecule has 2 N–H and O–H groups in total. The standard InChI is InChI=1S/C13H11N5O2S/c19-18(20)10-4-1-3-9(7-10)8-14-13-15-12(16-17-13)11-5-2-6-21-11/h1-7H,8H2,(H2,14,15,16,17).